The Labute approximate surface area is 213 Å². The first-order valence-electron chi connectivity index (χ1n) is 11.8. The molecule has 0 saturated carbocycles. The van der Waals surface area contributed by atoms with Crippen molar-refractivity contribution in [1.82, 2.24) is 0 Å². The van der Waals surface area contributed by atoms with Crippen molar-refractivity contribution in [3.63, 3.8) is 0 Å². The van der Waals surface area contributed by atoms with Crippen molar-refractivity contribution in [2.45, 2.75) is 19.8 Å². The first-order chi connectivity index (χ1) is 17.9. The van der Waals surface area contributed by atoms with E-state index in [1.165, 1.54) is 30.3 Å². The summed E-state index contributed by atoms with van der Waals surface area (Å²) < 4.78 is 54.4. The molecule has 0 radical (unpaired) electrons. The number of esters is 1. The highest BCUT2D eigenvalue weighted by Gasteiger charge is 2.19. The van der Waals surface area contributed by atoms with Gasteiger partial charge in [0.25, 0.3) is 0 Å². The fourth-order valence-corrected chi connectivity index (χ4v) is 3.73. The van der Waals surface area contributed by atoms with E-state index in [4.69, 9.17) is 9.47 Å². The van der Waals surface area contributed by atoms with Crippen LogP contribution in [0.25, 0.3) is 22.3 Å². The zero-order chi connectivity index (χ0) is 26.4. The van der Waals surface area contributed by atoms with Gasteiger partial charge in [-0.3, -0.25) is 0 Å². The van der Waals surface area contributed by atoms with Gasteiger partial charge in [-0.25, -0.2) is 13.6 Å². The predicted molar refractivity (Wildman–Crippen MR) is 138 cm³/mol. The largest absolute Gasteiger partial charge is 0.491 e. The van der Waals surface area contributed by atoms with Crippen molar-refractivity contribution >= 4 is 5.97 Å². The maximum atomic E-state index is 14.7. The molecule has 4 aromatic rings. The molecule has 0 aromatic heterocycles. The minimum absolute atomic E-state index is 0.0714. The van der Waals surface area contributed by atoms with Gasteiger partial charge in [0.05, 0.1) is 12.2 Å². The number of aryl methyl sites for hydroxylation is 1. The third-order valence-corrected chi connectivity index (χ3v) is 5.81. The van der Waals surface area contributed by atoms with Gasteiger partial charge in [0.2, 0.25) is 5.82 Å². The molecule has 0 spiro atoms. The molecule has 4 aromatic carbocycles. The van der Waals surface area contributed by atoms with Crippen molar-refractivity contribution in [2.75, 3.05) is 6.61 Å². The normalized spacial score (nSPS) is 10.7. The van der Waals surface area contributed by atoms with E-state index >= 15 is 0 Å². The van der Waals surface area contributed by atoms with E-state index in [0.29, 0.717) is 23.3 Å². The monoisotopic (exact) mass is 502 g/mol. The van der Waals surface area contributed by atoms with E-state index in [9.17, 15) is 18.0 Å². The summed E-state index contributed by atoms with van der Waals surface area (Å²) in [6.45, 7) is 5.92. The van der Waals surface area contributed by atoms with Crippen LogP contribution in [-0.4, -0.2) is 12.6 Å². The molecule has 3 nitrogen and oxygen atoms in total. The quantitative estimate of drug-likeness (QED) is 0.0999. The van der Waals surface area contributed by atoms with E-state index in [-0.39, 0.29) is 16.9 Å². The molecule has 0 aliphatic carbocycles. The van der Waals surface area contributed by atoms with Crippen LogP contribution in [0.2, 0.25) is 0 Å². The number of benzene rings is 4. The van der Waals surface area contributed by atoms with E-state index in [1.807, 2.05) is 6.92 Å². The van der Waals surface area contributed by atoms with Crippen molar-refractivity contribution in [3.8, 4) is 33.8 Å². The van der Waals surface area contributed by atoms with E-state index < -0.39 is 29.2 Å². The van der Waals surface area contributed by atoms with Gasteiger partial charge in [-0.1, -0.05) is 54.1 Å². The molecule has 188 valence electrons. The summed E-state index contributed by atoms with van der Waals surface area (Å²) >= 11 is 0. The molecule has 0 aliphatic rings. The molecule has 4 rings (SSSR count). The number of halogens is 3. The van der Waals surface area contributed by atoms with E-state index in [0.717, 1.165) is 18.4 Å². The predicted octanol–water partition coefficient (Wildman–Crippen LogP) is 8.31. The van der Waals surface area contributed by atoms with Gasteiger partial charge in [0.15, 0.2) is 23.1 Å². The molecular weight excluding hydrogens is 477 g/mol. The molecule has 0 amide bonds. The van der Waals surface area contributed by atoms with Crippen LogP contribution in [0.1, 0.15) is 28.8 Å². The summed E-state index contributed by atoms with van der Waals surface area (Å²) in [4.78, 5) is 12.6. The molecule has 0 saturated heterocycles. The third kappa shape index (κ3) is 6.09. The summed E-state index contributed by atoms with van der Waals surface area (Å²) in [5, 5.41) is 0. The number of unbranched alkanes of at least 4 members (excludes halogenated alkanes) is 1. The molecule has 6 heteroatoms. The smallest absolute Gasteiger partial charge is 0.343 e. The number of carbonyl (C=O) groups excluding carboxylic acids is 1. The fourth-order valence-electron chi connectivity index (χ4n) is 3.73. The Morgan fingerprint density at radius 2 is 1.46 bits per heavy atom. The zero-order valence-corrected chi connectivity index (χ0v) is 20.3. The van der Waals surface area contributed by atoms with E-state index in [2.05, 4.69) is 6.58 Å². The number of ether oxygens (including phenoxy) is 2. The van der Waals surface area contributed by atoms with Gasteiger partial charge >= 0.3 is 5.97 Å². The van der Waals surface area contributed by atoms with E-state index in [1.54, 1.807) is 54.6 Å². The molecule has 0 heterocycles. The van der Waals surface area contributed by atoms with Crippen LogP contribution in [0.5, 0.6) is 11.5 Å². The van der Waals surface area contributed by atoms with Crippen molar-refractivity contribution in [1.29, 1.82) is 0 Å². The summed E-state index contributed by atoms with van der Waals surface area (Å²) in [5.41, 5.74) is 2.96. The molecular formula is C31H25F3O3. The molecule has 0 unspecified atom stereocenters. The van der Waals surface area contributed by atoms with Crippen LogP contribution in [0.4, 0.5) is 13.2 Å². The minimum Gasteiger partial charge on any atom is -0.491 e. The lowest BCUT2D eigenvalue weighted by atomic mass is 10.0. The standard InChI is InChI=1S/C31H25F3O3/c1-3-4-5-18-36-27-16-14-24(19-26(27)32)21-10-12-23(13-11-21)31(35)37-28-17-15-25(29(33)30(28)34)22-8-6-20(2)7-9-22/h3,6-17,19H,1,4-5,18H2,2H3. The Balaban J connectivity index is 1.45. The van der Waals surface area contributed by atoms with Crippen LogP contribution in [0.3, 0.4) is 0 Å². The van der Waals surface area contributed by atoms with Crippen LogP contribution >= 0.6 is 0 Å². The first kappa shape index (κ1) is 25.8. The minimum atomic E-state index is -1.25. The SMILES string of the molecule is C=CCCCOc1ccc(-c2ccc(C(=O)Oc3ccc(-c4ccc(C)cc4)c(F)c3F)cc2)cc1F. The van der Waals surface area contributed by atoms with Crippen LogP contribution in [-0.2, 0) is 0 Å². The Bertz CT molecular complexity index is 1410. The lowest BCUT2D eigenvalue weighted by Gasteiger charge is -2.11. The van der Waals surface area contributed by atoms with Crippen LogP contribution in [0, 0.1) is 24.4 Å². The van der Waals surface area contributed by atoms with Gasteiger partial charge in [0, 0.05) is 5.56 Å². The highest BCUT2D eigenvalue weighted by atomic mass is 19.2. The van der Waals surface area contributed by atoms with Gasteiger partial charge in [0.1, 0.15) is 0 Å². The number of carbonyl (C=O) groups is 1. The lowest BCUT2D eigenvalue weighted by Crippen LogP contribution is -2.10. The second-order valence-electron chi connectivity index (χ2n) is 8.50. The fraction of sp³-hybridized carbons (Fsp3) is 0.129. The Morgan fingerprint density at radius 1 is 0.811 bits per heavy atom. The summed E-state index contributed by atoms with van der Waals surface area (Å²) in [6, 6.07) is 20.4. The average Bonchev–Trinajstić information content (AvgIpc) is 2.91. The van der Waals surface area contributed by atoms with Crippen molar-refractivity contribution in [2.24, 2.45) is 0 Å². The zero-order valence-electron chi connectivity index (χ0n) is 20.3. The van der Waals surface area contributed by atoms with Crippen LogP contribution in [0.15, 0.2) is 91.5 Å². The van der Waals surface area contributed by atoms with Gasteiger partial charge < -0.3 is 9.47 Å². The van der Waals surface area contributed by atoms with Gasteiger partial charge in [-0.2, -0.15) is 4.39 Å². The number of hydrogen-bond donors (Lipinski definition) is 0. The Hall–Kier alpha value is -4.32. The van der Waals surface area contributed by atoms with Crippen molar-refractivity contribution in [3.05, 3.63) is 120 Å². The molecule has 0 N–H and O–H groups in total. The highest BCUT2D eigenvalue weighted by Crippen LogP contribution is 2.31. The third-order valence-electron chi connectivity index (χ3n) is 5.81. The molecule has 0 bridgehead atoms. The highest BCUT2D eigenvalue weighted by molar-refractivity contribution is 5.91. The second kappa shape index (κ2) is 11.6. The summed E-state index contributed by atoms with van der Waals surface area (Å²) in [6.07, 6.45) is 3.31. The molecule has 0 atom stereocenters. The van der Waals surface area contributed by atoms with Gasteiger partial charge in [-0.05, 0) is 72.9 Å². The molecule has 0 fully saturated rings. The van der Waals surface area contributed by atoms with Crippen molar-refractivity contribution < 1.29 is 27.4 Å². The Morgan fingerprint density at radius 3 is 2.14 bits per heavy atom. The Kier molecular flexibility index (Phi) is 8.08. The number of hydrogen-bond acceptors (Lipinski definition) is 3. The average molecular weight is 503 g/mol. The van der Waals surface area contributed by atoms with Gasteiger partial charge in [-0.15, -0.1) is 6.58 Å². The maximum Gasteiger partial charge on any atom is 0.343 e. The molecule has 37 heavy (non-hydrogen) atoms. The topological polar surface area (TPSA) is 35.5 Å². The van der Waals surface area contributed by atoms with Crippen LogP contribution < -0.4 is 9.47 Å². The maximum absolute atomic E-state index is 14.7. The molecule has 0 aliphatic heterocycles. The summed E-state index contributed by atoms with van der Waals surface area (Å²) in [5.74, 6) is -4.03. The lowest BCUT2D eigenvalue weighted by molar-refractivity contribution is 0.0727. The second-order valence-corrected chi connectivity index (χ2v) is 8.50. The summed E-state index contributed by atoms with van der Waals surface area (Å²) in [7, 11) is 0. The number of rotatable bonds is 9. The number of allylic oxidation sites excluding steroid dienone is 1. The first-order valence-corrected chi connectivity index (χ1v) is 11.8.